The first-order chi connectivity index (χ1) is 10.2. The highest BCUT2D eigenvalue weighted by molar-refractivity contribution is 7.71. The first kappa shape index (κ1) is 14.6. The van der Waals surface area contributed by atoms with Gasteiger partial charge in [0.05, 0.1) is 31.4 Å². The highest BCUT2D eigenvalue weighted by Crippen LogP contribution is 2.25. The summed E-state index contributed by atoms with van der Waals surface area (Å²) in [6.07, 6.45) is 0.171. The van der Waals surface area contributed by atoms with Crippen LogP contribution in [0.5, 0.6) is 5.75 Å². The van der Waals surface area contributed by atoms with E-state index in [0.29, 0.717) is 11.4 Å². The van der Waals surface area contributed by atoms with Gasteiger partial charge in [0.15, 0.2) is 4.77 Å². The van der Waals surface area contributed by atoms with Gasteiger partial charge < -0.3 is 23.9 Å². The van der Waals surface area contributed by atoms with Crippen LogP contribution < -0.4 is 4.74 Å². The topological polar surface area (TPSA) is 42.4 Å². The molecule has 1 aromatic heterocycles. The van der Waals surface area contributed by atoms with Crippen molar-refractivity contribution in [3.8, 4) is 5.75 Å². The Hall–Kier alpha value is -1.37. The van der Waals surface area contributed by atoms with E-state index in [4.69, 9.17) is 21.7 Å². The molecule has 21 heavy (non-hydrogen) atoms. The molecule has 3 rings (SSSR count). The van der Waals surface area contributed by atoms with E-state index in [-0.39, 0.29) is 6.10 Å². The first-order valence-corrected chi connectivity index (χ1v) is 7.74. The number of aromatic nitrogens is 2. The fraction of sp³-hybridized carbons (Fsp3) is 0.533. The molecule has 1 fully saturated rings. The summed E-state index contributed by atoms with van der Waals surface area (Å²) in [5.74, 6) is 0.849. The second kappa shape index (κ2) is 6.17. The quantitative estimate of drug-likeness (QED) is 0.881. The standard InChI is InChI=1S/C15H21N3O2S/c1-3-19-13-6-4-5-12-14(13)16-15(21)18(12)10-11-9-17(2)7-8-20-11/h4-6,11H,3,7-10H2,1-2H3,(H,16,21). The maximum Gasteiger partial charge on any atom is 0.178 e. The minimum atomic E-state index is 0.171. The summed E-state index contributed by atoms with van der Waals surface area (Å²) >= 11 is 5.48. The highest BCUT2D eigenvalue weighted by Gasteiger charge is 2.20. The molecule has 1 N–H and O–H groups in total. The lowest BCUT2D eigenvalue weighted by Crippen LogP contribution is -2.41. The van der Waals surface area contributed by atoms with Crippen molar-refractivity contribution < 1.29 is 9.47 Å². The average molecular weight is 307 g/mol. The molecule has 0 radical (unpaired) electrons. The molecular formula is C15H21N3O2S. The molecule has 1 aliphatic heterocycles. The molecule has 1 saturated heterocycles. The van der Waals surface area contributed by atoms with Gasteiger partial charge >= 0.3 is 0 Å². The summed E-state index contributed by atoms with van der Waals surface area (Å²) in [5, 5.41) is 0. The van der Waals surface area contributed by atoms with E-state index in [2.05, 4.69) is 27.6 Å². The lowest BCUT2D eigenvalue weighted by atomic mass is 10.2. The van der Waals surface area contributed by atoms with Crippen LogP contribution in [-0.4, -0.2) is 53.9 Å². The molecule has 114 valence electrons. The van der Waals surface area contributed by atoms with Crippen LogP contribution in [0, 0.1) is 4.77 Å². The van der Waals surface area contributed by atoms with E-state index in [1.54, 1.807) is 0 Å². The predicted molar refractivity (Wildman–Crippen MR) is 85.5 cm³/mol. The van der Waals surface area contributed by atoms with Crippen LogP contribution in [-0.2, 0) is 11.3 Å². The zero-order chi connectivity index (χ0) is 14.8. The zero-order valence-electron chi connectivity index (χ0n) is 12.5. The Kier molecular flexibility index (Phi) is 4.28. The summed E-state index contributed by atoms with van der Waals surface area (Å²) in [4.78, 5) is 5.55. The first-order valence-electron chi connectivity index (χ1n) is 7.33. The van der Waals surface area contributed by atoms with Crippen molar-refractivity contribution in [2.24, 2.45) is 0 Å². The van der Waals surface area contributed by atoms with E-state index >= 15 is 0 Å². The Labute approximate surface area is 129 Å². The van der Waals surface area contributed by atoms with Gasteiger partial charge in [-0.25, -0.2) is 0 Å². The van der Waals surface area contributed by atoms with Crippen molar-refractivity contribution in [3.63, 3.8) is 0 Å². The van der Waals surface area contributed by atoms with Crippen molar-refractivity contribution in [1.82, 2.24) is 14.5 Å². The largest absolute Gasteiger partial charge is 0.492 e. The third kappa shape index (κ3) is 2.97. The smallest absolute Gasteiger partial charge is 0.178 e. The fourth-order valence-electron chi connectivity index (χ4n) is 2.79. The number of hydrogen-bond acceptors (Lipinski definition) is 4. The zero-order valence-corrected chi connectivity index (χ0v) is 13.3. The summed E-state index contributed by atoms with van der Waals surface area (Å²) in [7, 11) is 2.12. The number of nitrogens with zero attached hydrogens (tertiary/aromatic N) is 2. The predicted octanol–water partition coefficient (Wildman–Crippen LogP) is 2.43. The number of hydrogen-bond donors (Lipinski definition) is 1. The normalized spacial score (nSPS) is 20.0. The number of benzene rings is 1. The van der Waals surface area contributed by atoms with Gasteiger partial charge in [0.25, 0.3) is 0 Å². The van der Waals surface area contributed by atoms with E-state index in [1.165, 1.54) is 0 Å². The third-order valence-corrected chi connectivity index (χ3v) is 4.12. The molecule has 5 nitrogen and oxygen atoms in total. The van der Waals surface area contributed by atoms with E-state index in [0.717, 1.165) is 43.0 Å². The SMILES string of the molecule is CCOc1cccc2c1[nH]c(=S)n2CC1CN(C)CCO1. The van der Waals surface area contributed by atoms with Crippen molar-refractivity contribution in [2.75, 3.05) is 33.4 Å². The summed E-state index contributed by atoms with van der Waals surface area (Å²) in [6.45, 7) is 6.08. The summed E-state index contributed by atoms with van der Waals surface area (Å²) in [6, 6.07) is 6.03. The van der Waals surface area contributed by atoms with Crippen LogP contribution in [0.2, 0.25) is 0 Å². The molecule has 1 atom stereocenters. The molecule has 1 aromatic carbocycles. The number of imidazole rings is 1. The number of aromatic amines is 1. The lowest BCUT2D eigenvalue weighted by molar-refractivity contribution is -0.0271. The maximum atomic E-state index is 5.85. The van der Waals surface area contributed by atoms with Crippen LogP contribution >= 0.6 is 12.2 Å². The molecule has 0 spiro atoms. The Balaban J connectivity index is 1.93. The number of fused-ring (bicyclic) bond motifs is 1. The van der Waals surface area contributed by atoms with Gasteiger partial charge in [0.1, 0.15) is 11.3 Å². The van der Waals surface area contributed by atoms with Gasteiger partial charge in [0, 0.05) is 13.1 Å². The molecule has 6 heteroatoms. The number of rotatable bonds is 4. The number of morpholine rings is 1. The Morgan fingerprint density at radius 1 is 1.48 bits per heavy atom. The Bertz CT molecular complexity index is 679. The van der Waals surface area contributed by atoms with Crippen LogP contribution in [0.25, 0.3) is 11.0 Å². The van der Waals surface area contributed by atoms with Gasteiger partial charge in [0.2, 0.25) is 0 Å². The molecule has 2 aromatic rings. The Morgan fingerprint density at radius 2 is 2.33 bits per heavy atom. The third-order valence-electron chi connectivity index (χ3n) is 3.80. The molecule has 0 bridgehead atoms. The number of nitrogens with one attached hydrogen (secondary N) is 1. The number of para-hydroxylation sites is 1. The van der Waals surface area contributed by atoms with Gasteiger partial charge in [-0.3, -0.25) is 0 Å². The van der Waals surface area contributed by atoms with Gasteiger partial charge in [-0.15, -0.1) is 0 Å². The minimum absolute atomic E-state index is 0.171. The lowest BCUT2D eigenvalue weighted by Gasteiger charge is -2.30. The van der Waals surface area contributed by atoms with Crippen LogP contribution in [0.4, 0.5) is 0 Å². The number of H-pyrrole nitrogens is 1. The average Bonchev–Trinajstić information content (AvgIpc) is 2.77. The number of ether oxygens (including phenoxy) is 2. The fourth-order valence-corrected chi connectivity index (χ4v) is 3.07. The molecule has 0 aliphatic carbocycles. The monoisotopic (exact) mass is 307 g/mol. The second-order valence-corrected chi connectivity index (χ2v) is 5.77. The van der Waals surface area contributed by atoms with Gasteiger partial charge in [-0.2, -0.15) is 0 Å². The van der Waals surface area contributed by atoms with E-state index in [9.17, 15) is 0 Å². The molecule has 0 saturated carbocycles. The van der Waals surface area contributed by atoms with Crippen LogP contribution in [0.1, 0.15) is 6.92 Å². The Morgan fingerprint density at radius 3 is 3.10 bits per heavy atom. The van der Waals surface area contributed by atoms with Crippen molar-refractivity contribution in [3.05, 3.63) is 23.0 Å². The maximum absolute atomic E-state index is 5.85. The molecule has 2 heterocycles. The van der Waals surface area contributed by atoms with Crippen molar-refractivity contribution in [2.45, 2.75) is 19.6 Å². The van der Waals surface area contributed by atoms with Crippen molar-refractivity contribution >= 4 is 23.3 Å². The van der Waals surface area contributed by atoms with Crippen LogP contribution in [0.3, 0.4) is 0 Å². The van der Waals surface area contributed by atoms with E-state index < -0.39 is 0 Å². The van der Waals surface area contributed by atoms with Gasteiger partial charge in [-0.1, -0.05) is 6.07 Å². The highest BCUT2D eigenvalue weighted by atomic mass is 32.1. The molecule has 1 unspecified atom stereocenters. The minimum Gasteiger partial charge on any atom is -0.492 e. The molecular weight excluding hydrogens is 286 g/mol. The van der Waals surface area contributed by atoms with Crippen LogP contribution in [0.15, 0.2) is 18.2 Å². The molecule has 0 amide bonds. The number of likely N-dealkylation sites (N-methyl/N-ethyl adjacent to an activating group) is 1. The summed E-state index contributed by atoms with van der Waals surface area (Å²) in [5.41, 5.74) is 2.04. The van der Waals surface area contributed by atoms with Crippen molar-refractivity contribution in [1.29, 1.82) is 0 Å². The molecule has 1 aliphatic rings. The van der Waals surface area contributed by atoms with Gasteiger partial charge in [-0.05, 0) is 38.3 Å². The van der Waals surface area contributed by atoms with E-state index in [1.807, 2.05) is 19.1 Å². The summed E-state index contributed by atoms with van der Waals surface area (Å²) < 4.78 is 14.3. The second-order valence-electron chi connectivity index (χ2n) is 5.38.